The molecule has 3 rings (SSSR count). The van der Waals surface area contributed by atoms with Crippen molar-refractivity contribution in [1.29, 1.82) is 0 Å². The Hall–Kier alpha value is -2.60. The molecule has 1 heterocycles. The zero-order chi connectivity index (χ0) is 18.5. The van der Waals surface area contributed by atoms with E-state index >= 15 is 0 Å². The van der Waals surface area contributed by atoms with Crippen LogP contribution in [0, 0.1) is 5.82 Å². The summed E-state index contributed by atoms with van der Waals surface area (Å²) in [5.74, 6) is 0.150. The topological polar surface area (TPSA) is 44.8 Å². The molecule has 0 unspecified atom stereocenters. The molecule has 138 valence electrons. The molecule has 2 aromatic carbocycles. The van der Waals surface area contributed by atoms with Crippen LogP contribution in [-0.2, 0) is 11.2 Å². The van der Waals surface area contributed by atoms with Gasteiger partial charge >= 0.3 is 0 Å². The first-order chi connectivity index (χ1) is 12.5. The lowest BCUT2D eigenvalue weighted by atomic mass is 10.1. The lowest BCUT2D eigenvalue weighted by Crippen LogP contribution is -2.44. The highest BCUT2D eigenvalue weighted by Gasteiger charge is 2.16. The van der Waals surface area contributed by atoms with Crippen LogP contribution in [0.3, 0.4) is 0 Å². The summed E-state index contributed by atoms with van der Waals surface area (Å²) in [6.07, 6.45) is 0.183. The van der Waals surface area contributed by atoms with Crippen LogP contribution in [-0.4, -0.2) is 51.1 Å². The summed E-state index contributed by atoms with van der Waals surface area (Å²) < 4.78 is 18.4. The van der Waals surface area contributed by atoms with Gasteiger partial charge in [-0.1, -0.05) is 12.1 Å². The number of piperazine rings is 1. The third-order valence-corrected chi connectivity index (χ3v) is 4.60. The standard InChI is InChI=1S/C20H24FN3O2/c1-23-9-11-24(12-10-23)17-7-8-19(26-2)18(14-17)22-20(25)13-15-3-5-16(21)6-4-15/h3-8,14H,9-13H2,1-2H3,(H,22,25). The zero-order valence-corrected chi connectivity index (χ0v) is 15.2. The molecule has 5 nitrogen and oxygen atoms in total. The van der Waals surface area contributed by atoms with Crippen LogP contribution in [0.1, 0.15) is 5.56 Å². The maximum atomic E-state index is 13.0. The van der Waals surface area contributed by atoms with Gasteiger partial charge in [0.05, 0.1) is 19.2 Å². The Morgan fingerprint density at radius 2 is 1.81 bits per heavy atom. The Bertz CT molecular complexity index is 756. The number of likely N-dealkylation sites (N-methyl/N-ethyl adjacent to an activating group) is 1. The smallest absolute Gasteiger partial charge is 0.228 e. The number of carbonyl (C=O) groups excluding carboxylic acids is 1. The van der Waals surface area contributed by atoms with Crippen LogP contribution in [0.15, 0.2) is 42.5 Å². The number of anilines is 2. The predicted molar refractivity (Wildman–Crippen MR) is 101 cm³/mol. The molecule has 0 spiro atoms. The summed E-state index contributed by atoms with van der Waals surface area (Å²) in [7, 11) is 3.70. The normalized spacial score (nSPS) is 15.0. The van der Waals surface area contributed by atoms with Crippen LogP contribution in [0.5, 0.6) is 5.75 Å². The van der Waals surface area contributed by atoms with E-state index in [9.17, 15) is 9.18 Å². The molecule has 0 aromatic heterocycles. The maximum absolute atomic E-state index is 13.0. The second-order valence-electron chi connectivity index (χ2n) is 6.53. The number of amides is 1. The van der Waals surface area contributed by atoms with E-state index in [-0.39, 0.29) is 18.1 Å². The Balaban J connectivity index is 1.71. The third kappa shape index (κ3) is 4.52. The summed E-state index contributed by atoms with van der Waals surface area (Å²) in [5.41, 5.74) is 2.48. The van der Waals surface area contributed by atoms with Crippen molar-refractivity contribution in [2.45, 2.75) is 6.42 Å². The van der Waals surface area contributed by atoms with Crippen LogP contribution in [0.25, 0.3) is 0 Å². The number of ether oxygens (including phenoxy) is 1. The van der Waals surface area contributed by atoms with Crippen molar-refractivity contribution in [1.82, 2.24) is 4.90 Å². The van der Waals surface area contributed by atoms with Crippen LogP contribution in [0.4, 0.5) is 15.8 Å². The molecular weight excluding hydrogens is 333 g/mol. The molecule has 26 heavy (non-hydrogen) atoms. The Kier molecular flexibility index (Phi) is 5.73. The molecule has 6 heteroatoms. The quantitative estimate of drug-likeness (QED) is 0.894. The van der Waals surface area contributed by atoms with E-state index in [1.165, 1.54) is 12.1 Å². The monoisotopic (exact) mass is 357 g/mol. The molecule has 1 aliphatic heterocycles. The fourth-order valence-corrected chi connectivity index (χ4v) is 3.04. The minimum absolute atomic E-state index is 0.162. The van der Waals surface area contributed by atoms with Crippen LogP contribution in [0.2, 0.25) is 0 Å². The summed E-state index contributed by atoms with van der Waals surface area (Å²) in [5, 5.41) is 2.92. The number of nitrogens with one attached hydrogen (secondary N) is 1. The maximum Gasteiger partial charge on any atom is 0.228 e. The molecule has 0 bridgehead atoms. The van der Waals surface area contributed by atoms with Crippen molar-refractivity contribution >= 4 is 17.3 Å². The van der Waals surface area contributed by atoms with E-state index in [4.69, 9.17) is 4.74 Å². The lowest BCUT2D eigenvalue weighted by Gasteiger charge is -2.34. The van der Waals surface area contributed by atoms with Gasteiger partial charge in [0.1, 0.15) is 11.6 Å². The summed E-state index contributed by atoms with van der Waals surface area (Å²) >= 11 is 0. The van der Waals surface area contributed by atoms with Crippen LogP contribution >= 0.6 is 0 Å². The molecule has 0 aliphatic carbocycles. The fraction of sp³-hybridized carbons (Fsp3) is 0.350. The number of methoxy groups -OCH3 is 1. The predicted octanol–water partition coefficient (Wildman–Crippen LogP) is 2.77. The Labute approximate surface area is 153 Å². The van der Waals surface area contributed by atoms with Gasteiger partial charge in [-0.2, -0.15) is 0 Å². The number of hydrogen-bond donors (Lipinski definition) is 1. The fourth-order valence-electron chi connectivity index (χ4n) is 3.04. The van der Waals surface area contributed by atoms with E-state index < -0.39 is 0 Å². The van der Waals surface area contributed by atoms with E-state index in [1.54, 1.807) is 19.2 Å². The van der Waals surface area contributed by atoms with Gasteiger partial charge in [0.2, 0.25) is 5.91 Å². The van der Waals surface area contributed by atoms with E-state index in [0.717, 1.165) is 37.4 Å². The second kappa shape index (κ2) is 8.19. The summed E-state index contributed by atoms with van der Waals surface area (Å²) in [6, 6.07) is 11.8. The minimum atomic E-state index is -0.310. The average Bonchev–Trinajstić information content (AvgIpc) is 2.64. The number of halogens is 1. The van der Waals surface area contributed by atoms with Crippen molar-refractivity contribution in [2.24, 2.45) is 0 Å². The van der Waals surface area contributed by atoms with E-state index in [1.807, 2.05) is 18.2 Å². The zero-order valence-electron chi connectivity index (χ0n) is 15.2. The third-order valence-electron chi connectivity index (χ3n) is 4.60. The van der Waals surface area contributed by atoms with Gasteiger partial charge in [-0.05, 0) is 42.9 Å². The molecular formula is C20H24FN3O2. The molecule has 0 atom stereocenters. The van der Waals surface area contributed by atoms with Crippen molar-refractivity contribution in [2.75, 3.05) is 50.6 Å². The van der Waals surface area contributed by atoms with Gasteiger partial charge in [0, 0.05) is 31.9 Å². The van der Waals surface area contributed by atoms with Crippen molar-refractivity contribution in [3.05, 3.63) is 53.8 Å². The number of hydrogen-bond acceptors (Lipinski definition) is 4. The molecule has 1 fully saturated rings. The largest absolute Gasteiger partial charge is 0.495 e. The van der Waals surface area contributed by atoms with E-state index in [0.29, 0.717) is 11.4 Å². The SMILES string of the molecule is COc1ccc(N2CCN(C)CC2)cc1NC(=O)Cc1ccc(F)cc1. The van der Waals surface area contributed by atoms with Gasteiger partial charge in [-0.25, -0.2) is 4.39 Å². The minimum Gasteiger partial charge on any atom is -0.495 e. The number of benzene rings is 2. The first-order valence-electron chi connectivity index (χ1n) is 8.71. The molecule has 1 saturated heterocycles. The van der Waals surface area contributed by atoms with E-state index in [2.05, 4.69) is 22.2 Å². The van der Waals surface area contributed by atoms with Crippen molar-refractivity contribution in [3.63, 3.8) is 0 Å². The van der Waals surface area contributed by atoms with Gasteiger partial charge in [0.25, 0.3) is 0 Å². The number of nitrogens with zero attached hydrogens (tertiary/aromatic N) is 2. The first kappa shape index (κ1) is 18.2. The van der Waals surface area contributed by atoms with Gasteiger partial charge in [-0.3, -0.25) is 4.79 Å². The molecule has 1 N–H and O–H groups in total. The van der Waals surface area contributed by atoms with Gasteiger partial charge < -0.3 is 19.9 Å². The Morgan fingerprint density at radius 3 is 2.46 bits per heavy atom. The van der Waals surface area contributed by atoms with Gasteiger partial charge in [0.15, 0.2) is 0 Å². The van der Waals surface area contributed by atoms with Crippen molar-refractivity contribution < 1.29 is 13.9 Å². The second-order valence-corrected chi connectivity index (χ2v) is 6.53. The highest BCUT2D eigenvalue weighted by molar-refractivity contribution is 5.94. The molecule has 1 aliphatic rings. The molecule has 0 radical (unpaired) electrons. The summed E-state index contributed by atoms with van der Waals surface area (Å²) in [4.78, 5) is 17.0. The highest BCUT2D eigenvalue weighted by atomic mass is 19.1. The first-order valence-corrected chi connectivity index (χ1v) is 8.71. The molecule has 0 saturated carbocycles. The van der Waals surface area contributed by atoms with Crippen LogP contribution < -0.4 is 15.0 Å². The Morgan fingerprint density at radius 1 is 1.12 bits per heavy atom. The molecule has 2 aromatic rings. The lowest BCUT2D eigenvalue weighted by molar-refractivity contribution is -0.115. The summed E-state index contributed by atoms with van der Waals surface area (Å²) in [6.45, 7) is 3.92. The highest BCUT2D eigenvalue weighted by Crippen LogP contribution is 2.30. The number of rotatable bonds is 5. The molecule has 1 amide bonds. The number of carbonyl (C=O) groups is 1. The van der Waals surface area contributed by atoms with Crippen molar-refractivity contribution in [3.8, 4) is 5.75 Å². The average molecular weight is 357 g/mol. The van der Waals surface area contributed by atoms with Gasteiger partial charge in [-0.15, -0.1) is 0 Å².